The minimum atomic E-state index is -0.439. The number of allylic oxidation sites excluding steroid dienone is 3. The number of hydrogen-bond donors (Lipinski definition) is 2. The van der Waals surface area contributed by atoms with E-state index in [9.17, 15) is 15.0 Å². The van der Waals surface area contributed by atoms with E-state index in [0.29, 0.717) is 49.0 Å². The fourth-order valence-corrected chi connectivity index (χ4v) is 6.70. The molecule has 0 bridgehead atoms. The van der Waals surface area contributed by atoms with Crippen LogP contribution in [0.25, 0.3) is 0 Å². The van der Waals surface area contributed by atoms with Crippen LogP contribution in [0, 0.1) is 29.1 Å². The van der Waals surface area contributed by atoms with E-state index >= 15 is 0 Å². The predicted octanol–water partition coefficient (Wildman–Crippen LogP) is 5.19. The van der Waals surface area contributed by atoms with Crippen molar-refractivity contribution >= 4 is 5.97 Å². The van der Waals surface area contributed by atoms with Crippen molar-refractivity contribution < 1.29 is 19.7 Å². The molecule has 3 rings (SSSR count). The summed E-state index contributed by atoms with van der Waals surface area (Å²) < 4.78 is 5.13. The van der Waals surface area contributed by atoms with Crippen LogP contribution < -0.4 is 0 Å². The molecule has 4 nitrogen and oxygen atoms in total. The second-order valence-corrected chi connectivity index (χ2v) is 10.3. The Kier molecular flexibility index (Phi) is 7.84. The van der Waals surface area contributed by atoms with E-state index in [0.717, 1.165) is 12.8 Å². The fraction of sp³-hybridized carbons (Fsp3) is 0.808. The Balaban J connectivity index is 1.70. The summed E-state index contributed by atoms with van der Waals surface area (Å²) in [4.78, 5) is 11.8. The van der Waals surface area contributed by atoms with Gasteiger partial charge in [-0.15, -0.1) is 0 Å². The smallest absolute Gasteiger partial charge is 0.305 e. The van der Waals surface area contributed by atoms with Crippen molar-refractivity contribution in [3.8, 4) is 0 Å². The highest BCUT2D eigenvalue weighted by molar-refractivity contribution is 5.69. The maximum absolute atomic E-state index is 11.8. The van der Waals surface area contributed by atoms with Gasteiger partial charge in [0, 0.05) is 18.8 Å². The molecule has 3 fully saturated rings. The first-order valence-electron chi connectivity index (χ1n) is 12.2. The monoisotopic (exact) mass is 418 g/mol. The zero-order valence-electron chi connectivity index (χ0n) is 19.4. The number of rotatable bonds is 6. The SMILES string of the molecule is CCOC(=O)CC[C@@H](C)[C@H]1CC[C@H]2C(=CC=C3C[C@@H](O)C[C@H](O)[C@@H]3C)CCC[C@]12C. The van der Waals surface area contributed by atoms with Crippen LogP contribution in [0.5, 0.6) is 0 Å². The topological polar surface area (TPSA) is 66.8 Å². The first-order chi connectivity index (χ1) is 14.3. The second kappa shape index (κ2) is 9.99. The minimum Gasteiger partial charge on any atom is -0.466 e. The summed E-state index contributed by atoms with van der Waals surface area (Å²) >= 11 is 0. The molecule has 0 aliphatic heterocycles. The first kappa shape index (κ1) is 23.5. The van der Waals surface area contributed by atoms with Crippen LogP contribution in [0.4, 0.5) is 0 Å². The maximum Gasteiger partial charge on any atom is 0.305 e. The van der Waals surface area contributed by atoms with Crippen LogP contribution in [0.1, 0.15) is 85.5 Å². The number of aliphatic hydroxyl groups is 2. The summed E-state index contributed by atoms with van der Waals surface area (Å²) in [5, 5.41) is 20.3. The molecule has 7 atom stereocenters. The van der Waals surface area contributed by atoms with Gasteiger partial charge >= 0.3 is 5.97 Å². The molecule has 0 aromatic carbocycles. The molecule has 0 radical (unpaired) electrons. The van der Waals surface area contributed by atoms with Gasteiger partial charge in [-0.05, 0) is 75.0 Å². The molecule has 0 aromatic heterocycles. The molecule has 30 heavy (non-hydrogen) atoms. The number of hydrogen-bond acceptors (Lipinski definition) is 4. The van der Waals surface area contributed by atoms with E-state index < -0.39 is 12.2 Å². The summed E-state index contributed by atoms with van der Waals surface area (Å²) in [6.45, 7) is 9.21. The third kappa shape index (κ3) is 5.02. The summed E-state index contributed by atoms with van der Waals surface area (Å²) in [5.41, 5.74) is 3.05. The molecule has 2 N–H and O–H groups in total. The fourth-order valence-electron chi connectivity index (χ4n) is 6.70. The van der Waals surface area contributed by atoms with Crippen molar-refractivity contribution in [2.24, 2.45) is 29.1 Å². The molecule has 3 saturated carbocycles. The van der Waals surface area contributed by atoms with Gasteiger partial charge in [0.1, 0.15) is 0 Å². The van der Waals surface area contributed by atoms with Crippen molar-refractivity contribution in [2.75, 3.05) is 6.61 Å². The highest BCUT2D eigenvalue weighted by atomic mass is 16.5. The number of ether oxygens (including phenoxy) is 1. The van der Waals surface area contributed by atoms with E-state index in [2.05, 4.69) is 32.9 Å². The van der Waals surface area contributed by atoms with Crippen LogP contribution in [0.15, 0.2) is 23.3 Å². The van der Waals surface area contributed by atoms with E-state index in [4.69, 9.17) is 4.74 Å². The number of aliphatic hydroxyl groups excluding tert-OH is 2. The van der Waals surface area contributed by atoms with Gasteiger partial charge in [-0.2, -0.15) is 0 Å². The molecular formula is C26H42O4. The van der Waals surface area contributed by atoms with Crippen molar-refractivity contribution in [3.63, 3.8) is 0 Å². The lowest BCUT2D eigenvalue weighted by Gasteiger charge is -2.44. The van der Waals surface area contributed by atoms with Crippen LogP contribution in [0.3, 0.4) is 0 Å². The Morgan fingerprint density at radius 2 is 2.00 bits per heavy atom. The van der Waals surface area contributed by atoms with Crippen molar-refractivity contribution in [2.45, 2.75) is 97.7 Å². The summed E-state index contributed by atoms with van der Waals surface area (Å²) in [6, 6.07) is 0. The Hall–Kier alpha value is -1.13. The average Bonchev–Trinajstić information content (AvgIpc) is 3.05. The van der Waals surface area contributed by atoms with Gasteiger partial charge in [-0.25, -0.2) is 0 Å². The normalized spacial score (nSPS) is 40.4. The quantitative estimate of drug-likeness (QED) is 0.583. The first-order valence-corrected chi connectivity index (χ1v) is 12.2. The molecule has 0 aromatic rings. The van der Waals surface area contributed by atoms with E-state index in [1.54, 1.807) is 5.57 Å². The number of carbonyl (C=O) groups is 1. The molecule has 3 aliphatic rings. The molecule has 0 amide bonds. The van der Waals surface area contributed by atoms with Crippen LogP contribution in [0.2, 0.25) is 0 Å². The van der Waals surface area contributed by atoms with Gasteiger partial charge in [0.05, 0.1) is 18.8 Å². The Bertz CT molecular complexity index is 666. The van der Waals surface area contributed by atoms with Gasteiger partial charge in [0.15, 0.2) is 0 Å². The highest BCUT2D eigenvalue weighted by Crippen LogP contribution is 2.59. The Morgan fingerprint density at radius 1 is 1.27 bits per heavy atom. The lowest BCUT2D eigenvalue weighted by molar-refractivity contribution is -0.143. The molecule has 4 heteroatoms. The van der Waals surface area contributed by atoms with Gasteiger partial charge in [0.2, 0.25) is 0 Å². The van der Waals surface area contributed by atoms with Crippen molar-refractivity contribution in [3.05, 3.63) is 23.3 Å². The maximum atomic E-state index is 11.8. The van der Waals surface area contributed by atoms with Gasteiger partial charge in [0.25, 0.3) is 0 Å². The largest absolute Gasteiger partial charge is 0.466 e. The number of fused-ring (bicyclic) bond motifs is 1. The molecule has 170 valence electrons. The molecule has 0 unspecified atom stereocenters. The van der Waals surface area contributed by atoms with Crippen LogP contribution in [-0.4, -0.2) is 35.0 Å². The predicted molar refractivity (Wildman–Crippen MR) is 120 cm³/mol. The van der Waals surface area contributed by atoms with Crippen molar-refractivity contribution in [1.82, 2.24) is 0 Å². The minimum absolute atomic E-state index is 0.0640. The standard InChI is InChI=1S/C26H42O4/c1-5-30-25(29)13-8-17(2)22-11-12-23-19(7-6-14-26(22,23)4)9-10-20-15-21(27)16-24(28)18(20)3/h9-10,17-18,21-24,27-28H,5-8,11-16H2,1-4H3/t17-,18-,21-,22-,23+,24+,26-/m1/s1. The molecule has 0 heterocycles. The van der Waals surface area contributed by atoms with Gasteiger partial charge in [-0.3, -0.25) is 4.79 Å². The second-order valence-electron chi connectivity index (χ2n) is 10.3. The Labute approximate surface area is 182 Å². The van der Waals surface area contributed by atoms with E-state index in [-0.39, 0.29) is 11.9 Å². The average molecular weight is 419 g/mol. The number of esters is 1. The van der Waals surface area contributed by atoms with Gasteiger partial charge < -0.3 is 14.9 Å². The van der Waals surface area contributed by atoms with Gasteiger partial charge in [-0.1, -0.05) is 44.1 Å². The molecule has 0 saturated heterocycles. The molecule has 3 aliphatic carbocycles. The van der Waals surface area contributed by atoms with Crippen LogP contribution in [-0.2, 0) is 9.53 Å². The zero-order valence-corrected chi connectivity index (χ0v) is 19.4. The lowest BCUT2D eigenvalue weighted by atomic mass is 9.60. The van der Waals surface area contributed by atoms with E-state index in [1.807, 2.05) is 6.92 Å². The summed E-state index contributed by atoms with van der Waals surface area (Å²) in [5.74, 6) is 1.87. The summed E-state index contributed by atoms with van der Waals surface area (Å²) in [7, 11) is 0. The summed E-state index contributed by atoms with van der Waals surface area (Å²) in [6.07, 6.45) is 12.4. The van der Waals surface area contributed by atoms with E-state index in [1.165, 1.54) is 31.3 Å². The molecule has 0 spiro atoms. The Morgan fingerprint density at radius 3 is 2.73 bits per heavy atom. The van der Waals surface area contributed by atoms with Crippen LogP contribution >= 0.6 is 0 Å². The molecular weight excluding hydrogens is 376 g/mol. The van der Waals surface area contributed by atoms with Crippen molar-refractivity contribution in [1.29, 1.82) is 0 Å². The lowest BCUT2D eigenvalue weighted by Crippen LogP contribution is -2.36. The third-order valence-corrected chi connectivity index (χ3v) is 8.49. The highest BCUT2D eigenvalue weighted by Gasteiger charge is 2.50. The number of carbonyl (C=O) groups excluding carboxylic acids is 1. The zero-order chi connectivity index (χ0) is 21.9. The third-order valence-electron chi connectivity index (χ3n) is 8.49.